The minimum Gasteiger partial charge on any atom is -0.356 e. The molecule has 2 saturated carbocycles. The molecule has 12 heteroatoms. The molecule has 4 amide bonds. The van der Waals surface area contributed by atoms with Crippen LogP contribution in [0.15, 0.2) is 0 Å². The number of carbonyl (C=O) groups is 4. The van der Waals surface area contributed by atoms with E-state index in [1.807, 2.05) is 19.2 Å². The van der Waals surface area contributed by atoms with Crippen molar-refractivity contribution in [2.75, 3.05) is 13.1 Å². The largest absolute Gasteiger partial charge is 0.471 e. The third-order valence-corrected chi connectivity index (χ3v) is 9.11. The highest BCUT2D eigenvalue weighted by atomic mass is 19.4. The standard InChI is InChI=1S/C26H36F3N5O4/c1-24(2,3)19(33-23(38)26(27,28)29)22(37)34-11-16-17(25(16,4)5)18(34)21(36)32-14(9-30)8-15-13-6-12(7-13)10-31-20(15)35/h12-19H,6-8,10-11H2,1-5H3,(H,31,35)(H,32,36)(H,33,38)/t12?,13?,14-,15+,16-,17-,18-,19+/m0/s1. The maximum absolute atomic E-state index is 13.6. The van der Waals surface area contributed by atoms with Crippen LogP contribution in [0.25, 0.3) is 0 Å². The maximum Gasteiger partial charge on any atom is 0.471 e. The van der Waals surface area contributed by atoms with Gasteiger partial charge in [-0.3, -0.25) is 19.2 Å². The molecule has 3 N–H and O–H groups in total. The summed E-state index contributed by atoms with van der Waals surface area (Å²) in [7, 11) is 0. The van der Waals surface area contributed by atoms with Crippen molar-refractivity contribution in [3.8, 4) is 6.07 Å². The van der Waals surface area contributed by atoms with Gasteiger partial charge in [-0.15, -0.1) is 0 Å². The molecule has 5 fully saturated rings. The highest BCUT2D eigenvalue weighted by Crippen LogP contribution is 2.65. The lowest BCUT2D eigenvalue weighted by Gasteiger charge is -2.38. The number of halogens is 3. The lowest BCUT2D eigenvalue weighted by atomic mass is 9.68. The van der Waals surface area contributed by atoms with Crippen molar-refractivity contribution < 1.29 is 32.3 Å². The molecular formula is C26H36F3N5O4. The topological polar surface area (TPSA) is 131 Å². The third kappa shape index (κ3) is 5.08. The van der Waals surface area contributed by atoms with Gasteiger partial charge in [-0.1, -0.05) is 34.6 Å². The van der Waals surface area contributed by atoms with E-state index in [1.165, 1.54) is 25.7 Å². The van der Waals surface area contributed by atoms with Gasteiger partial charge in [-0.25, -0.2) is 0 Å². The molecule has 2 bridgehead atoms. The molecule has 3 saturated heterocycles. The second-order valence-electron chi connectivity index (χ2n) is 13.0. The quantitative estimate of drug-likeness (QED) is 0.473. The molecule has 2 aliphatic carbocycles. The van der Waals surface area contributed by atoms with Gasteiger partial charge in [-0.2, -0.15) is 18.4 Å². The molecule has 9 nitrogen and oxygen atoms in total. The summed E-state index contributed by atoms with van der Waals surface area (Å²) in [6, 6.07) is -1.40. The van der Waals surface area contributed by atoms with Crippen LogP contribution in [0.5, 0.6) is 0 Å². The van der Waals surface area contributed by atoms with Gasteiger partial charge >= 0.3 is 12.1 Å². The third-order valence-electron chi connectivity index (χ3n) is 9.11. The molecule has 210 valence electrons. The maximum atomic E-state index is 13.6. The number of nitrogens with one attached hydrogen (secondary N) is 3. The van der Waals surface area contributed by atoms with E-state index < -0.39 is 53.4 Å². The van der Waals surface area contributed by atoms with Gasteiger partial charge in [0.15, 0.2) is 0 Å². The average Bonchev–Trinajstić information content (AvgIpc) is 3.17. The number of carbonyl (C=O) groups excluding carboxylic acids is 4. The van der Waals surface area contributed by atoms with Crippen molar-refractivity contribution in [2.45, 2.75) is 78.2 Å². The Balaban J connectivity index is 1.52. The minimum atomic E-state index is -5.17. The highest BCUT2D eigenvalue weighted by molar-refractivity contribution is 5.95. The van der Waals surface area contributed by atoms with Gasteiger partial charge in [0, 0.05) is 19.0 Å². The van der Waals surface area contributed by atoms with E-state index in [4.69, 9.17) is 0 Å². The summed E-state index contributed by atoms with van der Waals surface area (Å²) in [5, 5.41) is 17.2. The van der Waals surface area contributed by atoms with Crippen LogP contribution in [-0.2, 0) is 19.2 Å². The van der Waals surface area contributed by atoms with Gasteiger partial charge in [0.1, 0.15) is 18.1 Å². The average molecular weight is 540 g/mol. The monoisotopic (exact) mass is 539 g/mol. The fourth-order valence-electron chi connectivity index (χ4n) is 6.67. The van der Waals surface area contributed by atoms with Crippen LogP contribution in [0, 0.1) is 51.8 Å². The Kier molecular flexibility index (Phi) is 6.98. The Hall–Kier alpha value is -2.84. The van der Waals surface area contributed by atoms with Crippen molar-refractivity contribution >= 4 is 23.6 Å². The molecule has 0 aromatic carbocycles. The predicted molar refractivity (Wildman–Crippen MR) is 129 cm³/mol. The number of nitriles is 1. The first-order chi connectivity index (χ1) is 17.5. The van der Waals surface area contributed by atoms with E-state index in [2.05, 4.69) is 16.7 Å². The summed E-state index contributed by atoms with van der Waals surface area (Å²) in [5.74, 6) is -3.75. The van der Waals surface area contributed by atoms with Crippen molar-refractivity contribution in [3.63, 3.8) is 0 Å². The fraction of sp³-hybridized carbons (Fsp3) is 0.808. The smallest absolute Gasteiger partial charge is 0.356 e. The van der Waals surface area contributed by atoms with E-state index >= 15 is 0 Å². The number of piperidine rings is 1. The number of hydrogen-bond donors (Lipinski definition) is 3. The van der Waals surface area contributed by atoms with E-state index in [0.29, 0.717) is 12.5 Å². The van der Waals surface area contributed by atoms with Crippen LogP contribution in [-0.4, -0.2) is 65.9 Å². The summed E-state index contributed by atoms with van der Waals surface area (Å²) in [6.07, 6.45) is -3.22. The Bertz CT molecular complexity index is 1060. The second kappa shape index (κ2) is 9.42. The zero-order chi connectivity index (χ0) is 28.4. The summed E-state index contributed by atoms with van der Waals surface area (Å²) in [4.78, 5) is 52.7. The summed E-state index contributed by atoms with van der Waals surface area (Å²) in [6.45, 7) is 9.31. The van der Waals surface area contributed by atoms with Crippen molar-refractivity contribution in [1.29, 1.82) is 5.26 Å². The van der Waals surface area contributed by atoms with Crippen molar-refractivity contribution in [1.82, 2.24) is 20.9 Å². The second-order valence-corrected chi connectivity index (χ2v) is 13.0. The summed E-state index contributed by atoms with van der Waals surface area (Å²) >= 11 is 0. The summed E-state index contributed by atoms with van der Waals surface area (Å²) < 4.78 is 39.0. The van der Waals surface area contributed by atoms with Crippen LogP contribution >= 0.6 is 0 Å². The molecule has 0 spiro atoms. The van der Waals surface area contributed by atoms with Crippen LogP contribution < -0.4 is 16.0 Å². The number of hydrogen-bond acceptors (Lipinski definition) is 5. The molecule has 0 radical (unpaired) electrons. The van der Waals surface area contributed by atoms with Crippen molar-refractivity contribution in [3.05, 3.63) is 0 Å². The van der Waals surface area contributed by atoms with Crippen LogP contribution in [0.1, 0.15) is 53.9 Å². The Morgan fingerprint density at radius 3 is 2.37 bits per heavy atom. The molecule has 3 heterocycles. The Morgan fingerprint density at radius 2 is 1.82 bits per heavy atom. The van der Waals surface area contributed by atoms with E-state index in [0.717, 1.165) is 12.8 Å². The van der Waals surface area contributed by atoms with Gasteiger partial charge in [-0.05, 0) is 53.8 Å². The van der Waals surface area contributed by atoms with Crippen LogP contribution in [0.2, 0.25) is 0 Å². The highest BCUT2D eigenvalue weighted by Gasteiger charge is 2.70. The zero-order valence-corrected chi connectivity index (χ0v) is 22.3. The van der Waals surface area contributed by atoms with E-state index in [-0.39, 0.29) is 42.0 Å². The molecule has 5 aliphatic rings. The molecular weight excluding hydrogens is 503 g/mol. The van der Waals surface area contributed by atoms with Gasteiger partial charge in [0.05, 0.1) is 6.07 Å². The van der Waals surface area contributed by atoms with Crippen LogP contribution in [0.4, 0.5) is 13.2 Å². The zero-order valence-electron chi connectivity index (χ0n) is 22.3. The first-order valence-corrected chi connectivity index (χ1v) is 13.1. The Morgan fingerprint density at radius 1 is 1.18 bits per heavy atom. The summed E-state index contributed by atoms with van der Waals surface area (Å²) in [5.41, 5.74) is -1.33. The number of nitrogens with zero attached hydrogens (tertiary/aromatic N) is 2. The number of rotatable bonds is 6. The molecule has 0 aromatic rings. The van der Waals surface area contributed by atoms with E-state index in [1.54, 1.807) is 0 Å². The molecule has 38 heavy (non-hydrogen) atoms. The van der Waals surface area contributed by atoms with Gasteiger partial charge < -0.3 is 20.9 Å². The van der Waals surface area contributed by atoms with Crippen LogP contribution in [0.3, 0.4) is 0 Å². The minimum absolute atomic E-state index is 0.0405. The number of fused-ring (bicyclic) bond motifs is 4. The first-order valence-electron chi connectivity index (χ1n) is 13.1. The SMILES string of the molecule is CC(C)(C)[C@H](NC(=O)C(F)(F)F)C(=O)N1C[C@H]2[C@@H]([C@H]1C(=O)N[C@H](C#N)C[C@H]1C(=O)NCC3CC1C3)C2(C)C. The lowest BCUT2D eigenvalue weighted by molar-refractivity contribution is -0.176. The first kappa shape index (κ1) is 28.2. The van der Waals surface area contributed by atoms with Gasteiger partial charge in [0.25, 0.3) is 0 Å². The molecule has 5 rings (SSSR count). The molecule has 0 unspecified atom stereocenters. The molecule has 0 aromatic heterocycles. The Labute approximate surface area is 220 Å². The van der Waals surface area contributed by atoms with E-state index in [9.17, 15) is 37.6 Å². The van der Waals surface area contributed by atoms with Gasteiger partial charge in [0.2, 0.25) is 17.7 Å². The number of amides is 4. The molecule has 3 aliphatic heterocycles. The number of likely N-dealkylation sites (tertiary alicyclic amines) is 1. The van der Waals surface area contributed by atoms with Crippen molar-refractivity contribution in [2.24, 2.45) is 40.4 Å². The number of alkyl halides is 3. The normalized spacial score (nSPS) is 32.9. The lowest BCUT2D eigenvalue weighted by Crippen LogP contribution is -2.61. The molecule has 6 atom stereocenters. The predicted octanol–water partition coefficient (Wildman–Crippen LogP) is 1.73. The fourth-order valence-corrected chi connectivity index (χ4v) is 6.67.